The maximum Gasteiger partial charge on any atom is 0.350 e. The molecule has 0 spiro atoms. The van der Waals surface area contributed by atoms with Crippen molar-refractivity contribution in [3.05, 3.63) is 0 Å². The molecule has 0 amide bonds. The van der Waals surface area contributed by atoms with E-state index in [1.807, 2.05) is 0 Å². The van der Waals surface area contributed by atoms with Crippen LogP contribution in [0, 0.1) is 0 Å². The minimum absolute atomic E-state index is 0.0614. The van der Waals surface area contributed by atoms with Crippen molar-refractivity contribution in [3.8, 4) is 0 Å². The standard InChI is InChI=1S/C11H19NO7/c1-2-18-11(17)9-4-6(12-19-9)3-7(14)10(16)8(15)5-13/h7-10,13-16H,2-5H2,1H3/t7-,8-,9?,10+/m1/s1. The molecular weight excluding hydrogens is 258 g/mol. The normalized spacial score (nSPS) is 23.2. The van der Waals surface area contributed by atoms with Crippen LogP contribution in [0.15, 0.2) is 5.16 Å². The van der Waals surface area contributed by atoms with Gasteiger partial charge in [-0.15, -0.1) is 0 Å². The van der Waals surface area contributed by atoms with Gasteiger partial charge in [-0.05, 0) is 6.92 Å². The average molecular weight is 277 g/mol. The zero-order chi connectivity index (χ0) is 14.4. The van der Waals surface area contributed by atoms with Crippen LogP contribution in [0.3, 0.4) is 0 Å². The summed E-state index contributed by atoms with van der Waals surface area (Å²) in [7, 11) is 0. The van der Waals surface area contributed by atoms with Gasteiger partial charge >= 0.3 is 5.97 Å². The van der Waals surface area contributed by atoms with Gasteiger partial charge in [-0.1, -0.05) is 5.16 Å². The number of aliphatic hydroxyl groups excluding tert-OH is 4. The molecule has 8 nitrogen and oxygen atoms in total. The second-order valence-corrected chi connectivity index (χ2v) is 4.22. The summed E-state index contributed by atoms with van der Waals surface area (Å²) in [5.41, 5.74) is 0.384. The Labute approximate surface area is 110 Å². The SMILES string of the molecule is CCOC(=O)C1CC(C[C@@H](O)[C@H](O)[C@H](O)CO)=NO1. The highest BCUT2D eigenvalue weighted by atomic mass is 16.7. The van der Waals surface area contributed by atoms with E-state index in [4.69, 9.17) is 14.7 Å². The lowest BCUT2D eigenvalue weighted by atomic mass is 10.0. The summed E-state index contributed by atoms with van der Waals surface area (Å²) in [6.45, 7) is 1.25. The lowest BCUT2D eigenvalue weighted by Gasteiger charge is -2.20. The summed E-state index contributed by atoms with van der Waals surface area (Å²) < 4.78 is 4.76. The zero-order valence-corrected chi connectivity index (χ0v) is 10.6. The molecule has 0 bridgehead atoms. The van der Waals surface area contributed by atoms with E-state index in [1.165, 1.54) is 0 Å². The van der Waals surface area contributed by atoms with Crippen LogP contribution in [-0.2, 0) is 14.4 Å². The van der Waals surface area contributed by atoms with Crippen LogP contribution in [0.1, 0.15) is 19.8 Å². The summed E-state index contributed by atoms with van der Waals surface area (Å²) in [5.74, 6) is -0.535. The minimum atomic E-state index is -1.49. The number of carbonyl (C=O) groups is 1. The minimum Gasteiger partial charge on any atom is -0.463 e. The van der Waals surface area contributed by atoms with E-state index in [0.29, 0.717) is 5.71 Å². The number of hydrogen-bond donors (Lipinski definition) is 4. The van der Waals surface area contributed by atoms with Crippen molar-refractivity contribution in [3.63, 3.8) is 0 Å². The zero-order valence-electron chi connectivity index (χ0n) is 10.6. The third-order valence-electron chi connectivity index (χ3n) is 2.70. The van der Waals surface area contributed by atoms with Crippen molar-refractivity contribution in [1.29, 1.82) is 0 Å². The number of aliphatic hydroxyl groups is 4. The molecule has 0 radical (unpaired) electrons. The lowest BCUT2D eigenvalue weighted by Crippen LogP contribution is -2.40. The van der Waals surface area contributed by atoms with Crippen molar-refractivity contribution >= 4 is 11.7 Å². The highest BCUT2D eigenvalue weighted by molar-refractivity contribution is 5.91. The first-order valence-electron chi connectivity index (χ1n) is 6.02. The van der Waals surface area contributed by atoms with Crippen LogP contribution in [0.25, 0.3) is 0 Å². The second kappa shape index (κ2) is 7.39. The molecular formula is C11H19NO7. The molecule has 0 aromatic carbocycles. The summed E-state index contributed by atoms with van der Waals surface area (Å²) in [5, 5.41) is 40.5. The van der Waals surface area contributed by atoms with Gasteiger partial charge in [-0.3, -0.25) is 0 Å². The number of rotatable bonds is 7. The molecule has 110 valence electrons. The molecule has 1 heterocycles. The average Bonchev–Trinajstić information content (AvgIpc) is 2.85. The van der Waals surface area contributed by atoms with Gasteiger partial charge in [0.15, 0.2) is 0 Å². The number of nitrogens with zero attached hydrogens (tertiary/aromatic N) is 1. The Morgan fingerprint density at radius 2 is 2.16 bits per heavy atom. The van der Waals surface area contributed by atoms with Crippen LogP contribution in [0.5, 0.6) is 0 Å². The predicted molar refractivity (Wildman–Crippen MR) is 63.3 cm³/mol. The van der Waals surface area contributed by atoms with E-state index in [0.717, 1.165) is 0 Å². The Morgan fingerprint density at radius 1 is 1.47 bits per heavy atom. The van der Waals surface area contributed by atoms with Crippen molar-refractivity contribution in [2.24, 2.45) is 5.16 Å². The Kier molecular flexibility index (Phi) is 6.16. The first-order chi connectivity index (χ1) is 8.99. The molecule has 8 heteroatoms. The smallest absolute Gasteiger partial charge is 0.350 e. The van der Waals surface area contributed by atoms with Gasteiger partial charge < -0.3 is 30.0 Å². The quantitative estimate of drug-likeness (QED) is 0.402. The summed E-state index contributed by atoms with van der Waals surface area (Å²) in [6.07, 6.45) is -4.95. The predicted octanol–water partition coefficient (Wildman–Crippen LogP) is -1.84. The molecule has 19 heavy (non-hydrogen) atoms. The number of hydrogen-bond acceptors (Lipinski definition) is 8. The molecule has 0 saturated heterocycles. The van der Waals surface area contributed by atoms with E-state index >= 15 is 0 Å². The topological polar surface area (TPSA) is 129 Å². The molecule has 1 rings (SSSR count). The molecule has 4 N–H and O–H groups in total. The number of oxime groups is 1. The van der Waals surface area contributed by atoms with Gasteiger partial charge in [0.1, 0.15) is 12.2 Å². The van der Waals surface area contributed by atoms with Crippen LogP contribution in [0.2, 0.25) is 0 Å². The fourth-order valence-corrected chi connectivity index (χ4v) is 1.64. The molecule has 1 aliphatic rings. The highest BCUT2D eigenvalue weighted by Gasteiger charge is 2.32. The lowest BCUT2D eigenvalue weighted by molar-refractivity contribution is -0.154. The molecule has 1 aliphatic heterocycles. The Morgan fingerprint density at radius 3 is 2.74 bits per heavy atom. The number of carbonyl (C=O) groups excluding carboxylic acids is 1. The number of ether oxygens (including phenoxy) is 1. The molecule has 4 atom stereocenters. The largest absolute Gasteiger partial charge is 0.463 e. The molecule has 0 saturated carbocycles. The Hall–Kier alpha value is -1.22. The van der Waals surface area contributed by atoms with Gasteiger partial charge in [-0.2, -0.15) is 0 Å². The van der Waals surface area contributed by atoms with Crippen molar-refractivity contribution in [2.45, 2.75) is 44.2 Å². The van der Waals surface area contributed by atoms with Gasteiger partial charge in [0, 0.05) is 12.8 Å². The number of esters is 1. The Balaban J connectivity index is 2.41. The van der Waals surface area contributed by atoms with Crippen LogP contribution >= 0.6 is 0 Å². The molecule has 0 aromatic rings. The van der Waals surface area contributed by atoms with Crippen molar-refractivity contribution < 1.29 is 34.8 Å². The van der Waals surface area contributed by atoms with Crippen LogP contribution < -0.4 is 0 Å². The highest BCUT2D eigenvalue weighted by Crippen LogP contribution is 2.17. The van der Waals surface area contributed by atoms with Gasteiger partial charge in [0.25, 0.3) is 0 Å². The Bertz CT molecular complexity index is 333. The van der Waals surface area contributed by atoms with Gasteiger partial charge in [-0.25, -0.2) is 4.79 Å². The fraction of sp³-hybridized carbons (Fsp3) is 0.818. The maximum atomic E-state index is 11.4. The summed E-state index contributed by atoms with van der Waals surface area (Å²) >= 11 is 0. The van der Waals surface area contributed by atoms with E-state index in [9.17, 15) is 20.1 Å². The van der Waals surface area contributed by atoms with Crippen LogP contribution in [-0.4, -0.2) is 69.7 Å². The van der Waals surface area contributed by atoms with Gasteiger partial charge in [0.05, 0.1) is 25.0 Å². The molecule has 0 aliphatic carbocycles. The van der Waals surface area contributed by atoms with E-state index in [2.05, 4.69) is 5.16 Å². The van der Waals surface area contributed by atoms with E-state index in [1.54, 1.807) is 6.92 Å². The summed E-state index contributed by atoms with van der Waals surface area (Å²) in [6, 6.07) is 0. The molecule has 0 aromatic heterocycles. The van der Waals surface area contributed by atoms with E-state index in [-0.39, 0.29) is 19.4 Å². The fourth-order valence-electron chi connectivity index (χ4n) is 1.64. The summed E-state index contributed by atoms with van der Waals surface area (Å²) in [4.78, 5) is 16.2. The molecule has 1 unspecified atom stereocenters. The van der Waals surface area contributed by atoms with Crippen molar-refractivity contribution in [1.82, 2.24) is 0 Å². The van der Waals surface area contributed by atoms with Gasteiger partial charge in [0.2, 0.25) is 6.10 Å². The first kappa shape index (κ1) is 15.8. The van der Waals surface area contributed by atoms with Crippen molar-refractivity contribution in [2.75, 3.05) is 13.2 Å². The molecule has 0 fully saturated rings. The second-order valence-electron chi connectivity index (χ2n) is 4.22. The third kappa shape index (κ3) is 4.43. The maximum absolute atomic E-state index is 11.4. The van der Waals surface area contributed by atoms with Crippen LogP contribution in [0.4, 0.5) is 0 Å². The first-order valence-corrected chi connectivity index (χ1v) is 6.02. The monoisotopic (exact) mass is 277 g/mol. The van der Waals surface area contributed by atoms with E-state index < -0.39 is 37.0 Å². The third-order valence-corrected chi connectivity index (χ3v) is 2.70.